The van der Waals surface area contributed by atoms with E-state index in [1.54, 1.807) is 0 Å². The molecule has 0 fully saturated rings. The molecule has 2 rings (SSSR count). The van der Waals surface area contributed by atoms with E-state index in [2.05, 4.69) is 0 Å². The second-order valence-electron chi connectivity index (χ2n) is 6.02. The van der Waals surface area contributed by atoms with Crippen molar-refractivity contribution in [3.8, 4) is 0 Å². The molecule has 0 aromatic heterocycles. The van der Waals surface area contributed by atoms with E-state index >= 15 is 0 Å². The minimum Gasteiger partial charge on any atom is -0.745 e. The van der Waals surface area contributed by atoms with Crippen LogP contribution in [0.4, 0.5) is 0 Å². The van der Waals surface area contributed by atoms with E-state index in [-0.39, 0.29) is 66.1 Å². The molecule has 4 N–H and O–H groups in total. The minimum atomic E-state index is -5.44. The number of aliphatic hydroxyl groups is 4. The van der Waals surface area contributed by atoms with Crippen LogP contribution in [0.25, 0.3) is 0 Å². The largest absolute Gasteiger partial charge is 3.00 e. The molecule has 186 valence electrons. The van der Waals surface area contributed by atoms with Gasteiger partial charge in [-0.05, 0) is 24.3 Å². The number of aliphatic hydroxyl groups excluding tert-OH is 2. The predicted octanol–water partition coefficient (Wildman–Crippen LogP) is -8.22. The first kappa shape index (κ1) is 36.4. The van der Waals surface area contributed by atoms with E-state index < -0.39 is 72.4 Å². The topological polar surface area (TPSA) is 310 Å². The van der Waals surface area contributed by atoms with Crippen LogP contribution in [0.3, 0.4) is 0 Å². The van der Waals surface area contributed by atoms with Crippen molar-refractivity contribution in [2.45, 2.75) is 22.1 Å². The maximum absolute atomic E-state index is 10.7. The molecule has 4 atom stereocenters. The standard InChI is InChI=1S/2C6H8O8S2.Na.Sb/c2*7-5-2-1-4(15(9,10)11)3-6(5,8)16(12,13)14;;/h2*1-3,5,7-8H,(H,9,10,11)(H,12,13,14);;/q;;+1;+3/p-4. The van der Waals surface area contributed by atoms with Gasteiger partial charge in [0.2, 0.25) is 9.87 Å². The number of allylic oxidation sites excluding steroid dienone is 2. The third-order valence-corrected chi connectivity index (χ3v) is 7.79. The summed E-state index contributed by atoms with van der Waals surface area (Å²) in [5, 5.41) is 36.8. The average Bonchev–Trinajstić information content (AvgIpc) is 2.56. The van der Waals surface area contributed by atoms with Gasteiger partial charge in [0, 0.05) is 0 Å². The molecular weight excluding hydrogens is 673 g/mol. The number of rotatable bonds is 4. The second-order valence-corrected chi connectivity index (χ2v) is 11.9. The summed E-state index contributed by atoms with van der Waals surface area (Å²) in [4.78, 5) is -8.90. The predicted molar refractivity (Wildman–Crippen MR) is 101 cm³/mol. The van der Waals surface area contributed by atoms with Crippen molar-refractivity contribution in [2.24, 2.45) is 0 Å². The third kappa shape index (κ3) is 8.13. The molecule has 2 radical (unpaired) electrons. The summed E-state index contributed by atoms with van der Waals surface area (Å²) in [6.07, 6.45) is -1.98. The molecule has 4 unspecified atom stereocenters. The molecule has 0 saturated heterocycles. The van der Waals surface area contributed by atoms with Crippen LogP contribution in [0, 0.1) is 0 Å². The van der Waals surface area contributed by atoms with Crippen molar-refractivity contribution in [1.82, 2.24) is 0 Å². The SMILES string of the molecule is O=S(=O)([O-])C1=CC(O)(S(=O)(=O)[O-])C(O)C=C1.O=S(=O)([O-])C1=CC(O)(S(=O)(=O)[O-])C(O)C=C1.[Na+].[Sb+3]. The Balaban J connectivity index is 0. The van der Waals surface area contributed by atoms with Crippen molar-refractivity contribution < 1.29 is 102 Å². The molecule has 0 aromatic carbocycles. The molecule has 34 heavy (non-hydrogen) atoms. The molecule has 22 heteroatoms. The van der Waals surface area contributed by atoms with Crippen molar-refractivity contribution in [3.05, 3.63) is 46.3 Å². The van der Waals surface area contributed by atoms with E-state index in [9.17, 15) is 62.1 Å². The molecule has 0 saturated carbocycles. The summed E-state index contributed by atoms with van der Waals surface area (Å²) in [5.74, 6) is 0. The van der Waals surface area contributed by atoms with Gasteiger partial charge in [-0.3, -0.25) is 0 Å². The Morgan fingerprint density at radius 1 is 0.647 bits per heavy atom. The first-order valence-corrected chi connectivity index (χ1v) is 13.1. The fourth-order valence-electron chi connectivity index (χ4n) is 2.07. The summed E-state index contributed by atoms with van der Waals surface area (Å²) < 4.78 is 127. The van der Waals surface area contributed by atoms with Gasteiger partial charge >= 0.3 is 54.0 Å². The Labute approximate surface area is 233 Å². The van der Waals surface area contributed by atoms with Gasteiger partial charge in [0.1, 0.15) is 52.7 Å². The molecule has 0 spiro atoms. The van der Waals surface area contributed by atoms with E-state index in [1.165, 1.54) is 0 Å². The van der Waals surface area contributed by atoms with Crippen LogP contribution in [-0.4, -0.2) is 119 Å². The number of hydrogen-bond acceptors (Lipinski definition) is 16. The molecule has 16 nitrogen and oxygen atoms in total. The number of hydrogen-bond donors (Lipinski definition) is 4. The minimum absolute atomic E-state index is 0. The van der Waals surface area contributed by atoms with Gasteiger partial charge in [0.05, 0.1) is 9.81 Å². The van der Waals surface area contributed by atoms with E-state index in [0.29, 0.717) is 24.3 Å². The van der Waals surface area contributed by atoms with Gasteiger partial charge in [-0.25, -0.2) is 33.7 Å². The van der Waals surface area contributed by atoms with E-state index in [1.807, 2.05) is 0 Å². The second kappa shape index (κ2) is 11.8. The van der Waals surface area contributed by atoms with Gasteiger partial charge in [0.25, 0.3) is 0 Å². The summed E-state index contributed by atoms with van der Waals surface area (Å²) >= 11 is 0. The zero-order valence-corrected chi connectivity index (χ0v) is 24.2. The Hall–Kier alpha value is 0.258. The van der Waals surface area contributed by atoms with Crippen molar-refractivity contribution >= 4 is 64.9 Å². The molecule has 0 aromatic rings. The normalized spacial score (nSPS) is 29.4. The van der Waals surface area contributed by atoms with Crippen LogP contribution in [-0.2, 0) is 40.5 Å². The molecular formula is C12H12NaO16S4Sb. The fraction of sp³-hybridized carbons (Fsp3) is 0.333. The van der Waals surface area contributed by atoms with Gasteiger partial charge in [-0.15, -0.1) is 0 Å². The first-order valence-electron chi connectivity index (χ1n) is 7.42. The van der Waals surface area contributed by atoms with E-state index in [4.69, 9.17) is 10.2 Å². The maximum atomic E-state index is 10.7. The molecule has 2 aliphatic rings. The Bertz CT molecular complexity index is 1220. The van der Waals surface area contributed by atoms with Crippen LogP contribution in [0.2, 0.25) is 0 Å². The van der Waals surface area contributed by atoms with Crippen molar-refractivity contribution in [3.63, 3.8) is 0 Å². The van der Waals surface area contributed by atoms with Crippen LogP contribution < -0.4 is 29.6 Å². The monoisotopic (exact) mass is 684 g/mol. The van der Waals surface area contributed by atoms with Gasteiger partial charge in [-0.1, -0.05) is 12.2 Å². The summed E-state index contributed by atoms with van der Waals surface area (Å²) in [6, 6.07) is 0. The third-order valence-electron chi connectivity index (χ3n) is 3.81. The molecule has 0 bridgehead atoms. The van der Waals surface area contributed by atoms with Gasteiger partial charge in [-0.2, -0.15) is 0 Å². The maximum Gasteiger partial charge on any atom is 3.00 e. The zero-order chi connectivity index (χ0) is 25.6. The van der Waals surface area contributed by atoms with Crippen LogP contribution in [0.15, 0.2) is 46.3 Å². The molecule has 0 heterocycles. The van der Waals surface area contributed by atoms with Crippen molar-refractivity contribution in [1.29, 1.82) is 0 Å². The van der Waals surface area contributed by atoms with Crippen LogP contribution in [0.1, 0.15) is 0 Å². The summed E-state index contributed by atoms with van der Waals surface area (Å²) in [7, 11) is -20.9. The smallest absolute Gasteiger partial charge is 0.745 e. The molecule has 2 aliphatic carbocycles. The zero-order valence-electron chi connectivity index (χ0n) is 16.4. The van der Waals surface area contributed by atoms with Gasteiger partial charge < -0.3 is 38.6 Å². The summed E-state index contributed by atoms with van der Waals surface area (Å²) in [5.41, 5.74) is 0. The van der Waals surface area contributed by atoms with E-state index in [0.717, 1.165) is 0 Å². The molecule has 0 aliphatic heterocycles. The Kier molecular flexibility index (Phi) is 12.6. The van der Waals surface area contributed by atoms with Crippen molar-refractivity contribution in [2.75, 3.05) is 0 Å². The fourth-order valence-corrected chi connectivity index (χ4v) is 4.65. The molecule has 0 amide bonds. The quantitative estimate of drug-likeness (QED) is 0.158. The van der Waals surface area contributed by atoms with Crippen LogP contribution in [0.5, 0.6) is 0 Å². The van der Waals surface area contributed by atoms with Crippen LogP contribution >= 0.6 is 0 Å². The van der Waals surface area contributed by atoms with Gasteiger partial charge in [0.15, 0.2) is 0 Å². The Morgan fingerprint density at radius 3 is 1.06 bits per heavy atom. The Morgan fingerprint density at radius 2 is 0.882 bits per heavy atom. The summed E-state index contributed by atoms with van der Waals surface area (Å²) in [6.45, 7) is 0. The average molecular weight is 685 g/mol. The first-order chi connectivity index (χ1) is 14.0.